The lowest BCUT2D eigenvalue weighted by molar-refractivity contribution is 0.126. The number of rotatable bonds is 1. The molecule has 2 aliphatic rings. The molecule has 1 N–H and O–H groups in total. The molecular formula is C10H16O2. The van der Waals surface area contributed by atoms with Crippen molar-refractivity contribution in [3.63, 3.8) is 0 Å². The molecule has 0 saturated carbocycles. The van der Waals surface area contributed by atoms with Crippen LogP contribution < -0.4 is 0 Å². The fourth-order valence-electron chi connectivity index (χ4n) is 1.86. The summed E-state index contributed by atoms with van der Waals surface area (Å²) in [6.45, 7) is 5.01. The minimum Gasteiger partial charge on any atom is -0.389 e. The minimum atomic E-state index is -0.232. The van der Waals surface area contributed by atoms with Crippen molar-refractivity contribution in [3.8, 4) is 0 Å². The lowest BCUT2D eigenvalue weighted by Gasteiger charge is -2.27. The van der Waals surface area contributed by atoms with Gasteiger partial charge in [0.25, 0.3) is 0 Å². The van der Waals surface area contributed by atoms with E-state index in [1.807, 2.05) is 6.92 Å². The fourth-order valence-corrected chi connectivity index (χ4v) is 1.86. The second-order valence-corrected chi connectivity index (χ2v) is 4.23. The van der Waals surface area contributed by atoms with Gasteiger partial charge in [-0.15, -0.1) is 0 Å². The normalized spacial score (nSPS) is 47.1. The van der Waals surface area contributed by atoms with Crippen molar-refractivity contribution in [2.24, 2.45) is 5.92 Å². The van der Waals surface area contributed by atoms with E-state index in [0.29, 0.717) is 5.92 Å². The third-order valence-electron chi connectivity index (χ3n) is 3.22. The van der Waals surface area contributed by atoms with Gasteiger partial charge < -0.3 is 9.84 Å². The molecule has 0 radical (unpaired) electrons. The predicted octanol–water partition coefficient (Wildman–Crippen LogP) is 1.49. The van der Waals surface area contributed by atoms with E-state index in [-0.39, 0.29) is 11.7 Å². The van der Waals surface area contributed by atoms with Crippen LogP contribution in [-0.4, -0.2) is 23.4 Å². The van der Waals surface area contributed by atoms with Gasteiger partial charge in [0.2, 0.25) is 0 Å². The van der Waals surface area contributed by atoms with Crippen LogP contribution in [0.1, 0.15) is 26.7 Å². The van der Waals surface area contributed by atoms with Crippen molar-refractivity contribution in [3.05, 3.63) is 11.6 Å². The molecule has 2 unspecified atom stereocenters. The van der Waals surface area contributed by atoms with Gasteiger partial charge in [0.1, 0.15) is 0 Å². The van der Waals surface area contributed by atoms with Crippen molar-refractivity contribution in [2.45, 2.75) is 38.4 Å². The lowest BCUT2D eigenvalue weighted by atomic mass is 9.80. The number of aliphatic hydroxyl groups is 1. The summed E-state index contributed by atoms with van der Waals surface area (Å²) in [5.41, 5.74) is 1.20. The highest BCUT2D eigenvalue weighted by Crippen LogP contribution is 2.42. The Morgan fingerprint density at radius 3 is 2.83 bits per heavy atom. The van der Waals surface area contributed by atoms with Crippen LogP contribution in [0.5, 0.6) is 0 Å². The number of hydrogen-bond donors (Lipinski definition) is 1. The third-order valence-corrected chi connectivity index (χ3v) is 3.22. The van der Waals surface area contributed by atoms with Gasteiger partial charge in [0, 0.05) is 0 Å². The Kier molecular flexibility index (Phi) is 1.77. The monoisotopic (exact) mass is 168 g/mol. The number of allylic oxidation sites excluding steroid dienone is 1. The van der Waals surface area contributed by atoms with Gasteiger partial charge in [0.15, 0.2) is 0 Å². The first-order valence-corrected chi connectivity index (χ1v) is 4.60. The second kappa shape index (κ2) is 2.57. The van der Waals surface area contributed by atoms with Crippen LogP contribution in [-0.2, 0) is 4.74 Å². The van der Waals surface area contributed by atoms with Crippen LogP contribution in [0.15, 0.2) is 11.6 Å². The fraction of sp³-hybridized carbons (Fsp3) is 0.800. The first-order valence-electron chi connectivity index (χ1n) is 4.60. The van der Waals surface area contributed by atoms with Crippen molar-refractivity contribution in [1.82, 2.24) is 0 Å². The molecule has 3 atom stereocenters. The molecule has 0 amide bonds. The molecule has 12 heavy (non-hydrogen) atoms. The molecule has 0 aromatic carbocycles. The first kappa shape index (κ1) is 8.27. The van der Waals surface area contributed by atoms with Gasteiger partial charge in [0.05, 0.1) is 18.3 Å². The molecule has 1 heterocycles. The van der Waals surface area contributed by atoms with Gasteiger partial charge in [-0.1, -0.05) is 6.08 Å². The Morgan fingerprint density at radius 2 is 2.33 bits per heavy atom. The Morgan fingerprint density at radius 1 is 1.67 bits per heavy atom. The van der Waals surface area contributed by atoms with E-state index in [4.69, 9.17) is 4.74 Å². The average molecular weight is 168 g/mol. The molecule has 1 saturated heterocycles. The molecule has 0 aromatic heterocycles. The summed E-state index contributed by atoms with van der Waals surface area (Å²) in [4.78, 5) is 0. The molecule has 1 fully saturated rings. The van der Waals surface area contributed by atoms with E-state index in [1.165, 1.54) is 0 Å². The van der Waals surface area contributed by atoms with Crippen LogP contribution in [0, 0.1) is 5.92 Å². The molecule has 1 aliphatic heterocycles. The second-order valence-electron chi connectivity index (χ2n) is 4.23. The standard InChI is InChI=1S/C10H16O2/c1-7-3-4-8(5-9(7)11)10(2)6-12-10/h3,8-9,11H,4-6H2,1-2H3/t8-,9?,10?/m1/s1. The summed E-state index contributed by atoms with van der Waals surface area (Å²) in [6, 6.07) is 0. The van der Waals surface area contributed by atoms with Gasteiger partial charge in [-0.2, -0.15) is 0 Å². The third kappa shape index (κ3) is 1.29. The SMILES string of the molecule is CC1=CC[C@@H](C2(C)CO2)CC1O. The van der Waals surface area contributed by atoms with E-state index in [2.05, 4.69) is 13.0 Å². The molecule has 2 nitrogen and oxygen atoms in total. The van der Waals surface area contributed by atoms with Crippen LogP contribution in [0.25, 0.3) is 0 Å². The molecule has 2 rings (SSSR count). The number of aliphatic hydroxyl groups excluding tert-OH is 1. The van der Waals surface area contributed by atoms with Crippen molar-refractivity contribution >= 4 is 0 Å². The van der Waals surface area contributed by atoms with E-state index in [0.717, 1.165) is 25.0 Å². The first-order chi connectivity index (χ1) is 5.62. The topological polar surface area (TPSA) is 32.8 Å². The van der Waals surface area contributed by atoms with Crippen LogP contribution >= 0.6 is 0 Å². The molecule has 0 spiro atoms. The van der Waals surface area contributed by atoms with Crippen molar-refractivity contribution in [1.29, 1.82) is 0 Å². The molecule has 0 aromatic rings. The van der Waals surface area contributed by atoms with Gasteiger partial charge in [-0.25, -0.2) is 0 Å². The van der Waals surface area contributed by atoms with Gasteiger partial charge >= 0.3 is 0 Å². The summed E-state index contributed by atoms with van der Waals surface area (Å²) < 4.78 is 5.38. The largest absolute Gasteiger partial charge is 0.389 e. The summed E-state index contributed by atoms with van der Waals surface area (Å²) in [5.74, 6) is 0.524. The maximum Gasteiger partial charge on any atom is 0.0920 e. The summed E-state index contributed by atoms with van der Waals surface area (Å²) in [5, 5.41) is 9.62. The summed E-state index contributed by atoms with van der Waals surface area (Å²) in [6.07, 6.45) is 3.86. The predicted molar refractivity (Wildman–Crippen MR) is 46.8 cm³/mol. The molecule has 2 heteroatoms. The van der Waals surface area contributed by atoms with Crippen LogP contribution in [0.3, 0.4) is 0 Å². The van der Waals surface area contributed by atoms with E-state index in [1.54, 1.807) is 0 Å². The highest BCUT2D eigenvalue weighted by atomic mass is 16.6. The molecule has 1 aliphatic carbocycles. The average Bonchev–Trinajstić information content (AvgIpc) is 2.75. The van der Waals surface area contributed by atoms with E-state index >= 15 is 0 Å². The lowest BCUT2D eigenvalue weighted by Crippen LogP contribution is -2.28. The zero-order chi connectivity index (χ0) is 8.77. The van der Waals surface area contributed by atoms with Crippen molar-refractivity contribution in [2.75, 3.05) is 6.61 Å². The van der Waals surface area contributed by atoms with E-state index < -0.39 is 0 Å². The zero-order valence-electron chi connectivity index (χ0n) is 7.71. The maximum absolute atomic E-state index is 9.62. The van der Waals surface area contributed by atoms with Crippen molar-refractivity contribution < 1.29 is 9.84 Å². The molecule has 68 valence electrons. The zero-order valence-corrected chi connectivity index (χ0v) is 7.71. The highest BCUT2D eigenvalue weighted by molar-refractivity contribution is 5.13. The minimum absolute atomic E-state index is 0.0815. The number of hydrogen-bond acceptors (Lipinski definition) is 2. The number of epoxide rings is 1. The molecule has 0 bridgehead atoms. The quantitative estimate of drug-likeness (QED) is 0.475. The molecular weight excluding hydrogens is 152 g/mol. The van der Waals surface area contributed by atoms with E-state index in [9.17, 15) is 5.11 Å². The van der Waals surface area contributed by atoms with Crippen LogP contribution in [0.2, 0.25) is 0 Å². The smallest absolute Gasteiger partial charge is 0.0920 e. The summed E-state index contributed by atoms with van der Waals surface area (Å²) >= 11 is 0. The van der Waals surface area contributed by atoms with Crippen LogP contribution in [0.4, 0.5) is 0 Å². The number of ether oxygens (including phenoxy) is 1. The Balaban J connectivity index is 2.04. The Labute approximate surface area is 73.2 Å². The van der Waals surface area contributed by atoms with Gasteiger partial charge in [-0.05, 0) is 38.2 Å². The Bertz CT molecular complexity index is 216. The highest BCUT2D eigenvalue weighted by Gasteiger charge is 2.47. The maximum atomic E-state index is 9.62. The summed E-state index contributed by atoms with van der Waals surface area (Å²) in [7, 11) is 0. The Hall–Kier alpha value is -0.340. The van der Waals surface area contributed by atoms with Gasteiger partial charge in [-0.3, -0.25) is 0 Å².